The fraction of sp³-hybridized carbons (Fsp3) is 0.100. The van der Waals surface area contributed by atoms with Crippen LogP contribution < -0.4 is 10.5 Å². The van der Waals surface area contributed by atoms with Crippen molar-refractivity contribution in [1.29, 1.82) is 0 Å². The molecule has 0 fully saturated rings. The SMILES string of the molecule is CCOC(=O)c1cc(-c2ccccc2)sc1NC(=O)c1cccc(S(N)(=O)=O)c1. The number of hydrogen-bond acceptors (Lipinski definition) is 6. The first kappa shape index (κ1) is 20.7. The zero-order chi connectivity index (χ0) is 21.0. The van der Waals surface area contributed by atoms with Crippen LogP contribution in [0.15, 0.2) is 65.6 Å². The van der Waals surface area contributed by atoms with Gasteiger partial charge in [-0.25, -0.2) is 18.4 Å². The molecular formula is C20H18N2O5S2. The molecule has 3 N–H and O–H groups in total. The zero-order valence-corrected chi connectivity index (χ0v) is 17.0. The second-order valence-corrected chi connectivity index (χ2v) is 8.58. The predicted molar refractivity (Wildman–Crippen MR) is 111 cm³/mol. The highest BCUT2D eigenvalue weighted by molar-refractivity contribution is 7.89. The lowest BCUT2D eigenvalue weighted by molar-refractivity contribution is 0.0528. The lowest BCUT2D eigenvalue weighted by atomic mass is 10.1. The van der Waals surface area contributed by atoms with Crippen molar-refractivity contribution in [2.45, 2.75) is 11.8 Å². The molecule has 3 rings (SSSR count). The number of thiophene rings is 1. The molecule has 3 aromatic rings. The van der Waals surface area contributed by atoms with Gasteiger partial charge in [0, 0.05) is 10.4 Å². The smallest absolute Gasteiger partial charge is 0.341 e. The van der Waals surface area contributed by atoms with E-state index >= 15 is 0 Å². The van der Waals surface area contributed by atoms with Gasteiger partial charge in [-0.05, 0) is 36.8 Å². The number of carbonyl (C=O) groups is 2. The lowest BCUT2D eigenvalue weighted by Gasteiger charge is -2.07. The molecule has 0 radical (unpaired) electrons. The zero-order valence-electron chi connectivity index (χ0n) is 15.4. The molecule has 0 unspecified atom stereocenters. The van der Waals surface area contributed by atoms with E-state index in [0.717, 1.165) is 10.4 Å². The van der Waals surface area contributed by atoms with Gasteiger partial charge in [0.05, 0.1) is 17.1 Å². The number of benzene rings is 2. The van der Waals surface area contributed by atoms with Crippen molar-refractivity contribution in [2.24, 2.45) is 5.14 Å². The van der Waals surface area contributed by atoms with E-state index in [4.69, 9.17) is 9.88 Å². The minimum atomic E-state index is -3.94. The summed E-state index contributed by atoms with van der Waals surface area (Å²) >= 11 is 1.22. The molecule has 0 aliphatic heterocycles. The van der Waals surface area contributed by atoms with Crippen LogP contribution in [0.2, 0.25) is 0 Å². The Morgan fingerprint density at radius 1 is 1.07 bits per heavy atom. The molecule has 2 aromatic carbocycles. The summed E-state index contributed by atoms with van der Waals surface area (Å²) in [4.78, 5) is 25.6. The molecule has 0 spiro atoms. The summed E-state index contributed by atoms with van der Waals surface area (Å²) in [5, 5.41) is 8.12. The van der Waals surface area contributed by atoms with Gasteiger partial charge in [-0.3, -0.25) is 4.79 Å². The largest absolute Gasteiger partial charge is 0.462 e. The Kier molecular flexibility index (Phi) is 6.12. The number of carbonyl (C=O) groups excluding carboxylic acids is 2. The Bertz CT molecular complexity index is 1150. The maximum atomic E-state index is 12.7. The number of ether oxygens (including phenoxy) is 1. The Morgan fingerprint density at radius 3 is 2.45 bits per heavy atom. The van der Waals surface area contributed by atoms with Crippen molar-refractivity contribution in [3.63, 3.8) is 0 Å². The number of esters is 1. The monoisotopic (exact) mass is 430 g/mol. The highest BCUT2D eigenvalue weighted by Crippen LogP contribution is 2.36. The maximum absolute atomic E-state index is 12.7. The first-order valence-electron chi connectivity index (χ1n) is 8.60. The molecule has 0 saturated heterocycles. The topological polar surface area (TPSA) is 116 Å². The molecule has 1 aromatic heterocycles. The second-order valence-electron chi connectivity index (χ2n) is 5.97. The molecule has 9 heteroatoms. The molecular weight excluding hydrogens is 412 g/mol. The fourth-order valence-corrected chi connectivity index (χ4v) is 4.18. The van der Waals surface area contributed by atoms with Gasteiger partial charge in [-0.2, -0.15) is 0 Å². The van der Waals surface area contributed by atoms with Crippen LogP contribution in [0.3, 0.4) is 0 Å². The van der Waals surface area contributed by atoms with E-state index in [9.17, 15) is 18.0 Å². The van der Waals surface area contributed by atoms with Crippen LogP contribution in [0, 0.1) is 0 Å². The number of nitrogens with one attached hydrogen (secondary N) is 1. The Balaban J connectivity index is 1.96. The number of nitrogens with two attached hydrogens (primary N) is 1. The summed E-state index contributed by atoms with van der Waals surface area (Å²) in [5.74, 6) is -1.12. The van der Waals surface area contributed by atoms with Gasteiger partial charge in [0.1, 0.15) is 5.00 Å². The predicted octanol–water partition coefficient (Wildman–Crippen LogP) is 3.49. The molecule has 0 aliphatic rings. The molecule has 1 heterocycles. The maximum Gasteiger partial charge on any atom is 0.341 e. The average molecular weight is 431 g/mol. The van der Waals surface area contributed by atoms with Crippen LogP contribution in [0.1, 0.15) is 27.6 Å². The van der Waals surface area contributed by atoms with E-state index in [1.165, 1.54) is 35.6 Å². The summed E-state index contributed by atoms with van der Waals surface area (Å²) < 4.78 is 28.1. The van der Waals surface area contributed by atoms with Crippen LogP contribution in [-0.2, 0) is 14.8 Å². The van der Waals surface area contributed by atoms with Crippen LogP contribution in [0.25, 0.3) is 10.4 Å². The molecule has 150 valence electrons. The van der Waals surface area contributed by atoms with Crippen LogP contribution >= 0.6 is 11.3 Å². The lowest BCUT2D eigenvalue weighted by Crippen LogP contribution is -2.16. The van der Waals surface area contributed by atoms with Crippen molar-refractivity contribution in [3.8, 4) is 10.4 Å². The van der Waals surface area contributed by atoms with Crippen LogP contribution in [0.5, 0.6) is 0 Å². The van der Waals surface area contributed by atoms with Gasteiger partial charge in [0.2, 0.25) is 10.0 Å². The average Bonchev–Trinajstić information content (AvgIpc) is 3.12. The third-order valence-electron chi connectivity index (χ3n) is 3.94. The minimum absolute atomic E-state index is 0.0981. The van der Waals surface area contributed by atoms with E-state index < -0.39 is 21.9 Å². The van der Waals surface area contributed by atoms with Crippen molar-refractivity contribution in [2.75, 3.05) is 11.9 Å². The number of amides is 1. The van der Waals surface area contributed by atoms with E-state index in [1.807, 2.05) is 30.3 Å². The third kappa shape index (κ3) is 4.89. The van der Waals surface area contributed by atoms with Crippen LogP contribution in [-0.4, -0.2) is 26.9 Å². The summed E-state index contributed by atoms with van der Waals surface area (Å²) in [7, 11) is -3.94. The summed E-state index contributed by atoms with van der Waals surface area (Å²) in [6.07, 6.45) is 0. The van der Waals surface area contributed by atoms with Gasteiger partial charge < -0.3 is 10.1 Å². The van der Waals surface area contributed by atoms with Gasteiger partial charge in [0.25, 0.3) is 5.91 Å². The Hall–Kier alpha value is -3.01. The van der Waals surface area contributed by atoms with Crippen molar-refractivity contribution in [3.05, 3.63) is 71.8 Å². The van der Waals surface area contributed by atoms with Gasteiger partial charge in [0.15, 0.2) is 0 Å². The van der Waals surface area contributed by atoms with Gasteiger partial charge in [-0.1, -0.05) is 36.4 Å². The highest BCUT2D eigenvalue weighted by Gasteiger charge is 2.21. The quantitative estimate of drug-likeness (QED) is 0.581. The van der Waals surface area contributed by atoms with E-state index in [1.54, 1.807) is 13.0 Å². The second kappa shape index (κ2) is 8.56. The molecule has 0 aliphatic carbocycles. The summed E-state index contributed by atoms with van der Waals surface area (Å²) in [5.41, 5.74) is 1.22. The third-order valence-corrected chi connectivity index (χ3v) is 5.95. The first-order valence-corrected chi connectivity index (χ1v) is 11.0. The first-order chi connectivity index (χ1) is 13.8. The number of anilines is 1. The number of rotatable bonds is 6. The molecule has 1 amide bonds. The molecule has 0 saturated carbocycles. The summed E-state index contributed by atoms with van der Waals surface area (Å²) in [6.45, 7) is 1.89. The van der Waals surface area contributed by atoms with Crippen LogP contribution in [0.4, 0.5) is 5.00 Å². The number of sulfonamides is 1. The number of primary sulfonamides is 1. The molecule has 29 heavy (non-hydrogen) atoms. The molecule has 7 nitrogen and oxygen atoms in total. The van der Waals surface area contributed by atoms with Gasteiger partial charge in [-0.15, -0.1) is 11.3 Å². The highest BCUT2D eigenvalue weighted by atomic mass is 32.2. The van der Waals surface area contributed by atoms with Crippen molar-refractivity contribution in [1.82, 2.24) is 0 Å². The number of hydrogen-bond donors (Lipinski definition) is 2. The normalized spacial score (nSPS) is 11.1. The van der Waals surface area contributed by atoms with Gasteiger partial charge >= 0.3 is 5.97 Å². The standard InChI is InChI=1S/C20H18N2O5S2/c1-2-27-20(24)16-12-17(13-7-4-3-5-8-13)28-19(16)22-18(23)14-9-6-10-15(11-14)29(21,25)26/h3-12H,2H2,1H3,(H,22,23)(H2,21,25,26). The van der Waals surface area contributed by atoms with E-state index in [2.05, 4.69) is 5.32 Å². The Labute approximate surface area is 172 Å². The van der Waals surface area contributed by atoms with E-state index in [-0.39, 0.29) is 22.6 Å². The Morgan fingerprint density at radius 2 is 1.79 bits per heavy atom. The molecule has 0 bridgehead atoms. The minimum Gasteiger partial charge on any atom is -0.462 e. The van der Waals surface area contributed by atoms with Crippen molar-refractivity contribution < 1.29 is 22.7 Å². The van der Waals surface area contributed by atoms with Crippen molar-refractivity contribution >= 4 is 38.2 Å². The molecule has 0 atom stereocenters. The summed E-state index contributed by atoms with van der Waals surface area (Å²) in [6, 6.07) is 16.4. The fourth-order valence-electron chi connectivity index (χ4n) is 2.58. The van der Waals surface area contributed by atoms with E-state index in [0.29, 0.717) is 5.00 Å².